The number of hydrogen-bond donors (Lipinski definition) is 0. The molecule has 0 heteroatoms. The van der Waals surface area contributed by atoms with Crippen LogP contribution in [0.2, 0.25) is 0 Å². The van der Waals surface area contributed by atoms with E-state index >= 15 is 0 Å². The van der Waals surface area contributed by atoms with Gasteiger partial charge in [0.15, 0.2) is 0 Å². The number of fused-ring (bicyclic) bond motifs is 1. The molecule has 20 heavy (non-hydrogen) atoms. The van der Waals surface area contributed by atoms with Crippen LogP contribution < -0.4 is 0 Å². The summed E-state index contributed by atoms with van der Waals surface area (Å²) in [6.07, 6.45) is 1.23. The van der Waals surface area contributed by atoms with Crippen molar-refractivity contribution in [1.82, 2.24) is 0 Å². The van der Waals surface area contributed by atoms with Crippen molar-refractivity contribution in [2.24, 2.45) is 11.3 Å². The molecule has 0 aromatic heterocycles. The molecule has 0 bridgehead atoms. The fourth-order valence-corrected chi connectivity index (χ4v) is 3.18. The fourth-order valence-electron chi connectivity index (χ4n) is 3.18. The molecular formula is C20H28. The van der Waals surface area contributed by atoms with Crippen LogP contribution in [0.3, 0.4) is 0 Å². The van der Waals surface area contributed by atoms with Crippen molar-refractivity contribution in [3.05, 3.63) is 47.5 Å². The quantitative estimate of drug-likeness (QED) is 0.610. The zero-order valence-corrected chi connectivity index (χ0v) is 13.8. The van der Waals surface area contributed by atoms with Crippen molar-refractivity contribution in [3.63, 3.8) is 0 Å². The lowest BCUT2D eigenvalue weighted by Gasteiger charge is -2.30. The molecule has 0 saturated carbocycles. The van der Waals surface area contributed by atoms with E-state index in [1.807, 2.05) is 0 Å². The second-order valence-electron chi connectivity index (χ2n) is 7.63. The zero-order valence-electron chi connectivity index (χ0n) is 13.8. The average Bonchev–Trinajstić information content (AvgIpc) is 2.35. The predicted molar refractivity (Wildman–Crippen MR) is 90.3 cm³/mol. The highest BCUT2D eigenvalue weighted by Crippen LogP contribution is 2.39. The Bertz CT molecular complexity index is 585. The molecule has 0 aliphatic rings. The first-order valence-corrected chi connectivity index (χ1v) is 7.78. The molecule has 2 rings (SSSR count). The molecule has 2 aromatic carbocycles. The first kappa shape index (κ1) is 15.1. The van der Waals surface area contributed by atoms with Gasteiger partial charge in [0.05, 0.1) is 0 Å². The maximum atomic E-state index is 2.35. The molecule has 0 aliphatic heterocycles. The lowest BCUT2D eigenvalue weighted by Crippen LogP contribution is -2.16. The van der Waals surface area contributed by atoms with E-state index in [1.165, 1.54) is 28.3 Å². The van der Waals surface area contributed by atoms with E-state index in [-0.39, 0.29) is 0 Å². The summed E-state index contributed by atoms with van der Waals surface area (Å²) in [5.74, 6) is 1.29. The molecule has 0 fully saturated rings. The lowest BCUT2D eigenvalue weighted by molar-refractivity contribution is 0.302. The van der Waals surface area contributed by atoms with Gasteiger partial charge in [0, 0.05) is 0 Å². The molecule has 0 amide bonds. The molecule has 0 N–H and O–H groups in total. The van der Waals surface area contributed by atoms with Crippen molar-refractivity contribution in [2.45, 2.75) is 53.9 Å². The van der Waals surface area contributed by atoms with Crippen molar-refractivity contribution in [1.29, 1.82) is 0 Å². The Labute approximate surface area is 124 Å². The van der Waals surface area contributed by atoms with Gasteiger partial charge in [-0.25, -0.2) is 0 Å². The van der Waals surface area contributed by atoms with Crippen LogP contribution in [0.25, 0.3) is 10.8 Å². The van der Waals surface area contributed by atoms with E-state index in [2.05, 4.69) is 77.9 Å². The van der Waals surface area contributed by atoms with E-state index in [9.17, 15) is 0 Å². The maximum absolute atomic E-state index is 2.35. The minimum absolute atomic E-state index is 0.362. The highest BCUT2D eigenvalue weighted by atomic mass is 14.3. The molecule has 108 valence electrons. The zero-order chi connectivity index (χ0) is 14.9. The van der Waals surface area contributed by atoms with E-state index in [4.69, 9.17) is 0 Å². The summed E-state index contributed by atoms with van der Waals surface area (Å²) in [6.45, 7) is 14.0. The fraction of sp³-hybridized carbons (Fsp3) is 0.500. The SMILES string of the molecule is Cc1cccc2c(C(CC(C)(C)C)C(C)C)cccc12. The second-order valence-corrected chi connectivity index (χ2v) is 7.63. The Kier molecular flexibility index (Phi) is 4.22. The Morgan fingerprint density at radius 1 is 0.900 bits per heavy atom. The third kappa shape index (κ3) is 3.23. The first-order valence-electron chi connectivity index (χ1n) is 7.78. The van der Waals surface area contributed by atoms with Crippen LogP contribution in [0.5, 0.6) is 0 Å². The third-order valence-electron chi connectivity index (χ3n) is 4.21. The molecule has 2 aromatic rings. The van der Waals surface area contributed by atoms with Gasteiger partial charge in [0.25, 0.3) is 0 Å². The Morgan fingerprint density at radius 2 is 1.50 bits per heavy atom. The summed E-state index contributed by atoms with van der Waals surface area (Å²) in [6, 6.07) is 13.5. The highest BCUT2D eigenvalue weighted by Gasteiger charge is 2.24. The van der Waals surface area contributed by atoms with Gasteiger partial charge in [0.2, 0.25) is 0 Å². The van der Waals surface area contributed by atoms with Crippen LogP contribution in [-0.2, 0) is 0 Å². The van der Waals surface area contributed by atoms with Gasteiger partial charge >= 0.3 is 0 Å². The van der Waals surface area contributed by atoms with Crippen LogP contribution in [0.15, 0.2) is 36.4 Å². The number of aryl methyl sites for hydroxylation is 1. The average molecular weight is 268 g/mol. The smallest absolute Gasteiger partial charge is 0.0128 e. The molecule has 1 atom stereocenters. The summed E-state index contributed by atoms with van der Waals surface area (Å²) in [5.41, 5.74) is 3.26. The molecule has 0 spiro atoms. The van der Waals surface area contributed by atoms with E-state index in [0.29, 0.717) is 17.3 Å². The molecule has 0 aliphatic carbocycles. The second kappa shape index (κ2) is 5.60. The molecule has 0 radical (unpaired) electrons. The molecule has 0 saturated heterocycles. The number of hydrogen-bond acceptors (Lipinski definition) is 0. The van der Waals surface area contributed by atoms with Gasteiger partial charge in [-0.1, -0.05) is 71.0 Å². The highest BCUT2D eigenvalue weighted by molar-refractivity contribution is 5.88. The van der Waals surface area contributed by atoms with Crippen LogP contribution >= 0.6 is 0 Å². The Hall–Kier alpha value is -1.30. The minimum atomic E-state index is 0.362. The summed E-state index contributed by atoms with van der Waals surface area (Å²) in [7, 11) is 0. The molecule has 0 heterocycles. The van der Waals surface area contributed by atoms with Crippen LogP contribution in [-0.4, -0.2) is 0 Å². The van der Waals surface area contributed by atoms with E-state index < -0.39 is 0 Å². The number of benzene rings is 2. The number of rotatable bonds is 3. The van der Waals surface area contributed by atoms with Gasteiger partial charge in [-0.2, -0.15) is 0 Å². The van der Waals surface area contributed by atoms with Gasteiger partial charge in [0.1, 0.15) is 0 Å². The summed E-state index contributed by atoms with van der Waals surface area (Å²) < 4.78 is 0. The van der Waals surface area contributed by atoms with Gasteiger partial charge < -0.3 is 0 Å². The summed E-state index contributed by atoms with van der Waals surface area (Å²) >= 11 is 0. The first-order chi connectivity index (χ1) is 9.29. The summed E-state index contributed by atoms with van der Waals surface area (Å²) in [4.78, 5) is 0. The van der Waals surface area contributed by atoms with Crippen molar-refractivity contribution in [2.75, 3.05) is 0 Å². The van der Waals surface area contributed by atoms with E-state index in [1.54, 1.807) is 0 Å². The van der Waals surface area contributed by atoms with Crippen molar-refractivity contribution < 1.29 is 0 Å². The lowest BCUT2D eigenvalue weighted by atomic mass is 9.75. The van der Waals surface area contributed by atoms with Gasteiger partial charge in [-0.3, -0.25) is 0 Å². The predicted octanol–water partition coefficient (Wildman–Crippen LogP) is 6.32. The van der Waals surface area contributed by atoms with Gasteiger partial charge in [-0.15, -0.1) is 0 Å². The molecular weight excluding hydrogens is 240 g/mol. The van der Waals surface area contributed by atoms with Crippen molar-refractivity contribution >= 4 is 10.8 Å². The summed E-state index contributed by atoms with van der Waals surface area (Å²) in [5, 5.41) is 2.85. The Balaban J connectivity index is 2.57. The largest absolute Gasteiger partial charge is 0.0622 e. The van der Waals surface area contributed by atoms with E-state index in [0.717, 1.165) is 0 Å². The molecule has 0 nitrogen and oxygen atoms in total. The topological polar surface area (TPSA) is 0 Å². The van der Waals surface area contributed by atoms with Crippen LogP contribution in [0.4, 0.5) is 0 Å². The monoisotopic (exact) mass is 268 g/mol. The standard InChI is InChI=1S/C20H28/c1-14(2)19(13-20(4,5)6)18-12-8-10-16-15(3)9-7-11-17(16)18/h7-12,14,19H,13H2,1-6H3. The van der Waals surface area contributed by atoms with Crippen molar-refractivity contribution in [3.8, 4) is 0 Å². The van der Waals surface area contributed by atoms with Gasteiger partial charge in [-0.05, 0) is 52.5 Å². The maximum Gasteiger partial charge on any atom is -0.0128 e. The van der Waals surface area contributed by atoms with Crippen LogP contribution in [0.1, 0.15) is 58.1 Å². The molecule has 1 unspecified atom stereocenters. The third-order valence-corrected chi connectivity index (χ3v) is 4.21. The normalized spacial score (nSPS) is 13.9. The minimum Gasteiger partial charge on any atom is -0.0622 e. The Morgan fingerprint density at radius 3 is 2.10 bits per heavy atom. The van der Waals surface area contributed by atoms with Crippen LogP contribution in [0, 0.1) is 18.3 Å².